The van der Waals surface area contributed by atoms with Gasteiger partial charge in [-0.05, 0) is 37.1 Å². The summed E-state index contributed by atoms with van der Waals surface area (Å²) in [6.07, 6.45) is 1.82. The molecule has 0 radical (unpaired) electrons. The summed E-state index contributed by atoms with van der Waals surface area (Å²) in [4.78, 5) is 0. The highest BCUT2D eigenvalue weighted by molar-refractivity contribution is 5.85. The second kappa shape index (κ2) is 7.24. The fraction of sp³-hybridized carbons (Fsp3) is 0.364. The van der Waals surface area contributed by atoms with E-state index in [0.29, 0.717) is 12.1 Å². The Hall–Kier alpha value is -1.08. The second-order valence-electron chi connectivity index (χ2n) is 3.27. The van der Waals surface area contributed by atoms with Gasteiger partial charge in [-0.25, -0.2) is 0 Å². The summed E-state index contributed by atoms with van der Waals surface area (Å²) in [6, 6.07) is 9.49. The average molecular weight is 226 g/mol. The van der Waals surface area contributed by atoms with Crippen molar-refractivity contribution in [2.45, 2.75) is 18.9 Å². The van der Waals surface area contributed by atoms with Gasteiger partial charge in [0.1, 0.15) is 0 Å². The summed E-state index contributed by atoms with van der Waals surface area (Å²) in [5.41, 5.74) is 13.1. The third kappa shape index (κ3) is 4.30. The van der Waals surface area contributed by atoms with Crippen LogP contribution in [-0.2, 0) is 0 Å². The van der Waals surface area contributed by atoms with Crippen LogP contribution in [0, 0.1) is 11.3 Å². The van der Waals surface area contributed by atoms with E-state index < -0.39 is 0 Å². The third-order valence-electron chi connectivity index (χ3n) is 2.19. The van der Waals surface area contributed by atoms with E-state index in [9.17, 15) is 0 Å². The molecule has 0 saturated carbocycles. The molecule has 0 aliphatic rings. The summed E-state index contributed by atoms with van der Waals surface area (Å²) < 4.78 is 0. The number of rotatable bonds is 4. The molecule has 0 aliphatic heterocycles. The molecule has 3 nitrogen and oxygen atoms in total. The molecule has 1 atom stereocenters. The van der Waals surface area contributed by atoms with Crippen molar-refractivity contribution in [1.82, 2.24) is 0 Å². The van der Waals surface area contributed by atoms with Gasteiger partial charge < -0.3 is 11.5 Å². The summed E-state index contributed by atoms with van der Waals surface area (Å²) in [5.74, 6) is 0. The Balaban J connectivity index is 0.00000196. The van der Waals surface area contributed by atoms with Gasteiger partial charge in [-0.1, -0.05) is 12.1 Å². The van der Waals surface area contributed by atoms with Crippen molar-refractivity contribution >= 4 is 12.4 Å². The third-order valence-corrected chi connectivity index (χ3v) is 2.19. The molecule has 0 fully saturated rings. The predicted octanol–water partition coefficient (Wildman–Crippen LogP) is 1.72. The highest BCUT2D eigenvalue weighted by Crippen LogP contribution is 2.15. The predicted molar refractivity (Wildman–Crippen MR) is 63.6 cm³/mol. The van der Waals surface area contributed by atoms with Gasteiger partial charge in [-0.3, -0.25) is 0 Å². The van der Waals surface area contributed by atoms with Gasteiger partial charge in [0.2, 0.25) is 0 Å². The average Bonchev–Trinajstić information content (AvgIpc) is 2.26. The van der Waals surface area contributed by atoms with E-state index >= 15 is 0 Å². The lowest BCUT2D eigenvalue weighted by Crippen LogP contribution is -2.12. The molecule has 1 aromatic rings. The maximum absolute atomic E-state index is 8.61. The van der Waals surface area contributed by atoms with Gasteiger partial charge in [-0.15, -0.1) is 12.4 Å². The molecular weight excluding hydrogens is 210 g/mol. The lowest BCUT2D eigenvalue weighted by Gasteiger charge is -2.10. The van der Waals surface area contributed by atoms with Gasteiger partial charge >= 0.3 is 0 Å². The highest BCUT2D eigenvalue weighted by Gasteiger charge is 2.04. The number of halogens is 1. The maximum Gasteiger partial charge on any atom is 0.0991 e. The molecule has 15 heavy (non-hydrogen) atoms. The minimum absolute atomic E-state index is 0. The number of nitrogens with two attached hydrogens (primary N) is 2. The molecule has 0 bridgehead atoms. The molecule has 1 rings (SSSR count). The first-order chi connectivity index (χ1) is 6.77. The van der Waals surface area contributed by atoms with Gasteiger partial charge in [-0.2, -0.15) is 5.26 Å². The minimum atomic E-state index is 0. The topological polar surface area (TPSA) is 75.8 Å². The van der Waals surface area contributed by atoms with E-state index in [4.69, 9.17) is 16.7 Å². The van der Waals surface area contributed by atoms with E-state index in [2.05, 4.69) is 6.07 Å². The summed E-state index contributed by atoms with van der Waals surface area (Å²) >= 11 is 0. The Morgan fingerprint density at radius 3 is 2.33 bits per heavy atom. The van der Waals surface area contributed by atoms with Crippen molar-refractivity contribution < 1.29 is 0 Å². The van der Waals surface area contributed by atoms with Crippen LogP contribution in [0.25, 0.3) is 0 Å². The summed E-state index contributed by atoms with van der Waals surface area (Å²) in [6.45, 7) is 0.671. The van der Waals surface area contributed by atoms with Crippen LogP contribution in [0.2, 0.25) is 0 Å². The van der Waals surface area contributed by atoms with Crippen molar-refractivity contribution in [2.75, 3.05) is 6.54 Å². The Morgan fingerprint density at radius 1 is 1.27 bits per heavy atom. The van der Waals surface area contributed by atoms with Gasteiger partial charge in [0, 0.05) is 6.04 Å². The largest absolute Gasteiger partial charge is 0.330 e. The van der Waals surface area contributed by atoms with Crippen LogP contribution in [-0.4, -0.2) is 6.54 Å². The smallest absolute Gasteiger partial charge is 0.0991 e. The van der Waals surface area contributed by atoms with Gasteiger partial charge in [0.05, 0.1) is 11.6 Å². The molecule has 0 aliphatic carbocycles. The number of benzene rings is 1. The Labute approximate surface area is 96.5 Å². The first-order valence-corrected chi connectivity index (χ1v) is 4.73. The first kappa shape index (κ1) is 13.9. The van der Waals surface area contributed by atoms with Gasteiger partial charge in [0.15, 0.2) is 0 Å². The molecule has 0 spiro atoms. The molecule has 1 aromatic carbocycles. The van der Waals surface area contributed by atoms with Crippen molar-refractivity contribution in [1.29, 1.82) is 5.26 Å². The van der Waals surface area contributed by atoms with Crippen molar-refractivity contribution in [3.05, 3.63) is 35.4 Å². The molecule has 0 amide bonds. The number of hydrogen-bond acceptors (Lipinski definition) is 3. The van der Waals surface area contributed by atoms with E-state index in [1.807, 2.05) is 12.1 Å². The summed E-state index contributed by atoms with van der Waals surface area (Å²) in [5, 5.41) is 8.61. The number of hydrogen-bond donors (Lipinski definition) is 2. The van der Waals surface area contributed by atoms with Gasteiger partial charge in [0.25, 0.3) is 0 Å². The van der Waals surface area contributed by atoms with E-state index in [1.165, 1.54) is 0 Å². The van der Waals surface area contributed by atoms with Crippen LogP contribution in [0.4, 0.5) is 0 Å². The fourth-order valence-corrected chi connectivity index (χ4v) is 1.31. The zero-order valence-electron chi connectivity index (χ0n) is 8.52. The van der Waals surface area contributed by atoms with Crippen molar-refractivity contribution in [2.24, 2.45) is 11.5 Å². The SMILES string of the molecule is Cl.N#Cc1ccc([C@H](N)CCCN)cc1. The van der Waals surface area contributed by atoms with Crippen molar-refractivity contribution in [3.63, 3.8) is 0 Å². The Morgan fingerprint density at radius 2 is 1.87 bits per heavy atom. The van der Waals surface area contributed by atoms with Crippen LogP contribution in [0.15, 0.2) is 24.3 Å². The van der Waals surface area contributed by atoms with E-state index in [0.717, 1.165) is 18.4 Å². The molecule has 4 heteroatoms. The lowest BCUT2D eigenvalue weighted by atomic mass is 10.0. The molecule has 0 aromatic heterocycles. The monoisotopic (exact) mass is 225 g/mol. The van der Waals surface area contributed by atoms with Crippen LogP contribution in [0.5, 0.6) is 0 Å². The standard InChI is InChI=1S/C11H15N3.ClH/c12-7-1-2-11(14)10-5-3-9(8-13)4-6-10;/h3-6,11H,1-2,7,12,14H2;1H/t11-;/m1./s1. The maximum atomic E-state index is 8.61. The Bertz CT molecular complexity index is 316. The van der Waals surface area contributed by atoms with Crippen molar-refractivity contribution in [3.8, 4) is 6.07 Å². The summed E-state index contributed by atoms with van der Waals surface area (Å²) in [7, 11) is 0. The molecule has 0 unspecified atom stereocenters. The highest BCUT2D eigenvalue weighted by atomic mass is 35.5. The normalized spacial score (nSPS) is 11.3. The van der Waals surface area contributed by atoms with E-state index in [1.54, 1.807) is 12.1 Å². The molecular formula is C11H16ClN3. The van der Waals surface area contributed by atoms with Crippen LogP contribution >= 0.6 is 12.4 Å². The zero-order chi connectivity index (χ0) is 10.4. The second-order valence-corrected chi connectivity index (χ2v) is 3.27. The number of nitrogens with zero attached hydrogens (tertiary/aromatic N) is 1. The Kier molecular flexibility index (Phi) is 6.72. The van der Waals surface area contributed by atoms with Crippen LogP contribution in [0.1, 0.15) is 30.0 Å². The zero-order valence-corrected chi connectivity index (χ0v) is 9.33. The van der Waals surface area contributed by atoms with Crippen LogP contribution in [0.3, 0.4) is 0 Å². The minimum Gasteiger partial charge on any atom is -0.330 e. The quantitative estimate of drug-likeness (QED) is 0.819. The van der Waals surface area contributed by atoms with E-state index in [-0.39, 0.29) is 18.4 Å². The molecule has 82 valence electrons. The molecule has 4 N–H and O–H groups in total. The molecule has 0 saturated heterocycles. The number of nitriles is 1. The fourth-order valence-electron chi connectivity index (χ4n) is 1.31. The lowest BCUT2D eigenvalue weighted by molar-refractivity contribution is 0.618. The first-order valence-electron chi connectivity index (χ1n) is 4.73. The molecule has 0 heterocycles. The van der Waals surface area contributed by atoms with Crippen LogP contribution < -0.4 is 11.5 Å².